The largest absolute Gasteiger partial charge is 0.356 e. The molecule has 2 N–H and O–H groups in total. The number of benzene rings is 1. The Kier molecular flexibility index (Phi) is 5.01. The van der Waals surface area contributed by atoms with Gasteiger partial charge in [0.1, 0.15) is 5.82 Å². The maximum atomic E-state index is 12.9. The summed E-state index contributed by atoms with van der Waals surface area (Å²) in [6.07, 6.45) is 7.92. The van der Waals surface area contributed by atoms with Crippen molar-refractivity contribution in [3.05, 3.63) is 30.1 Å². The molecule has 5 rings (SSSR count). The van der Waals surface area contributed by atoms with E-state index in [-0.39, 0.29) is 29.2 Å². The quantitative estimate of drug-likeness (QED) is 0.747. The zero-order valence-electron chi connectivity index (χ0n) is 15.4. The summed E-state index contributed by atoms with van der Waals surface area (Å²) >= 11 is 0. The van der Waals surface area contributed by atoms with Crippen LogP contribution in [0.25, 0.3) is 0 Å². The van der Waals surface area contributed by atoms with Crippen molar-refractivity contribution in [3.8, 4) is 0 Å². The normalized spacial score (nSPS) is 31.8. The van der Waals surface area contributed by atoms with E-state index in [2.05, 4.69) is 10.0 Å². The third-order valence-corrected chi connectivity index (χ3v) is 8.07. The molecule has 0 spiro atoms. The van der Waals surface area contributed by atoms with Gasteiger partial charge in [0.2, 0.25) is 15.9 Å². The van der Waals surface area contributed by atoms with Crippen LogP contribution in [0.2, 0.25) is 0 Å². The molecule has 0 saturated heterocycles. The Morgan fingerprint density at radius 2 is 1.59 bits per heavy atom. The van der Waals surface area contributed by atoms with Gasteiger partial charge in [-0.05, 0) is 86.0 Å². The zero-order chi connectivity index (χ0) is 19.1. The lowest BCUT2D eigenvalue weighted by Crippen LogP contribution is -2.51. The second-order valence-electron chi connectivity index (χ2n) is 8.80. The lowest BCUT2D eigenvalue weighted by atomic mass is 9.49. The van der Waals surface area contributed by atoms with E-state index >= 15 is 0 Å². The maximum absolute atomic E-state index is 12.9. The first-order chi connectivity index (χ1) is 12.8. The van der Waals surface area contributed by atoms with E-state index in [9.17, 15) is 17.6 Å². The number of hydrogen-bond acceptors (Lipinski definition) is 3. The monoisotopic (exact) mass is 394 g/mol. The van der Waals surface area contributed by atoms with Crippen molar-refractivity contribution in [3.63, 3.8) is 0 Å². The van der Waals surface area contributed by atoms with Gasteiger partial charge in [0, 0.05) is 19.5 Å². The number of amides is 1. The van der Waals surface area contributed by atoms with Crippen LogP contribution in [0.15, 0.2) is 29.2 Å². The number of halogens is 1. The molecule has 0 aromatic heterocycles. The van der Waals surface area contributed by atoms with Gasteiger partial charge in [0.05, 0.1) is 4.90 Å². The minimum absolute atomic E-state index is 0.00197. The molecular weight excluding hydrogens is 367 g/mol. The molecule has 0 aliphatic heterocycles. The van der Waals surface area contributed by atoms with Crippen LogP contribution >= 0.6 is 0 Å². The van der Waals surface area contributed by atoms with Gasteiger partial charge >= 0.3 is 0 Å². The molecular formula is C20H27FN2O3S. The molecule has 27 heavy (non-hydrogen) atoms. The molecule has 4 bridgehead atoms. The molecule has 1 aromatic carbocycles. The fourth-order valence-corrected chi connectivity index (χ4v) is 6.91. The predicted molar refractivity (Wildman–Crippen MR) is 99.8 cm³/mol. The van der Waals surface area contributed by atoms with Crippen LogP contribution in [0.5, 0.6) is 0 Å². The van der Waals surface area contributed by atoms with Crippen molar-refractivity contribution in [2.45, 2.75) is 49.8 Å². The minimum Gasteiger partial charge on any atom is -0.356 e. The molecule has 1 amide bonds. The van der Waals surface area contributed by atoms with Gasteiger partial charge < -0.3 is 5.32 Å². The number of rotatable bonds is 7. The Labute approximate surface area is 160 Å². The summed E-state index contributed by atoms with van der Waals surface area (Å²) in [5, 5.41) is 3.05. The molecule has 4 saturated carbocycles. The number of carbonyl (C=O) groups is 1. The molecule has 4 aliphatic rings. The fourth-order valence-electron chi connectivity index (χ4n) is 5.88. The maximum Gasteiger partial charge on any atom is 0.240 e. The topological polar surface area (TPSA) is 75.3 Å². The van der Waals surface area contributed by atoms with E-state index in [0.29, 0.717) is 0 Å². The second-order valence-corrected chi connectivity index (χ2v) is 10.6. The smallest absolute Gasteiger partial charge is 0.240 e. The van der Waals surface area contributed by atoms with Gasteiger partial charge in [-0.2, -0.15) is 0 Å². The van der Waals surface area contributed by atoms with Crippen LogP contribution in [-0.4, -0.2) is 27.4 Å². The molecule has 0 radical (unpaired) electrons. The Balaban J connectivity index is 1.24. The van der Waals surface area contributed by atoms with Gasteiger partial charge in [0.15, 0.2) is 0 Å². The van der Waals surface area contributed by atoms with Crippen LogP contribution in [0.4, 0.5) is 4.39 Å². The van der Waals surface area contributed by atoms with Crippen molar-refractivity contribution in [2.24, 2.45) is 23.2 Å². The Morgan fingerprint density at radius 3 is 2.15 bits per heavy atom. The fraction of sp³-hybridized carbons (Fsp3) is 0.650. The summed E-state index contributed by atoms with van der Waals surface area (Å²) in [5.41, 5.74) is 0.276. The highest BCUT2D eigenvalue weighted by Crippen LogP contribution is 2.59. The van der Waals surface area contributed by atoms with E-state index in [0.717, 1.165) is 36.4 Å². The van der Waals surface area contributed by atoms with Crippen molar-refractivity contribution in [1.29, 1.82) is 0 Å². The minimum atomic E-state index is -3.72. The van der Waals surface area contributed by atoms with Gasteiger partial charge in [-0.15, -0.1) is 0 Å². The summed E-state index contributed by atoms with van der Waals surface area (Å²) in [6.45, 7) is 0.756. The first-order valence-corrected chi connectivity index (χ1v) is 11.3. The number of sulfonamides is 1. The first kappa shape index (κ1) is 18.9. The van der Waals surface area contributed by atoms with E-state index in [1.54, 1.807) is 0 Å². The van der Waals surface area contributed by atoms with Crippen LogP contribution in [0, 0.1) is 29.0 Å². The second kappa shape index (κ2) is 7.17. The van der Waals surface area contributed by atoms with Gasteiger partial charge in [0.25, 0.3) is 0 Å². The third kappa shape index (κ3) is 4.19. The Bertz CT molecular complexity index is 772. The third-order valence-electron chi connectivity index (χ3n) is 6.59. The lowest BCUT2D eigenvalue weighted by Gasteiger charge is -2.56. The summed E-state index contributed by atoms with van der Waals surface area (Å²) in [6, 6.07) is 4.63. The first-order valence-electron chi connectivity index (χ1n) is 9.86. The molecule has 4 aliphatic carbocycles. The average Bonchev–Trinajstić information content (AvgIpc) is 2.59. The van der Waals surface area contributed by atoms with Gasteiger partial charge in [-0.1, -0.05) is 0 Å². The highest BCUT2D eigenvalue weighted by molar-refractivity contribution is 7.89. The highest BCUT2D eigenvalue weighted by Gasteiger charge is 2.50. The van der Waals surface area contributed by atoms with Crippen molar-refractivity contribution in [1.82, 2.24) is 10.0 Å². The standard InChI is InChI=1S/C20H27FN2O3S/c21-17-1-3-18(4-2-17)27(25,26)23-6-5-19(24)22-13-20-10-14-7-15(11-20)9-16(8-14)12-20/h1-4,14-16,23H,5-13H2,(H,22,24). The van der Waals surface area contributed by atoms with E-state index in [4.69, 9.17) is 0 Å². The molecule has 4 fully saturated rings. The molecule has 0 unspecified atom stereocenters. The predicted octanol–water partition coefficient (Wildman–Crippen LogP) is 2.83. The summed E-state index contributed by atoms with van der Waals surface area (Å²) < 4.78 is 39.6. The van der Waals surface area contributed by atoms with Crippen molar-refractivity contribution in [2.75, 3.05) is 13.1 Å². The van der Waals surface area contributed by atoms with E-state index in [1.807, 2.05) is 0 Å². The van der Waals surface area contributed by atoms with Crippen molar-refractivity contribution >= 4 is 15.9 Å². The number of hydrogen-bond donors (Lipinski definition) is 2. The molecule has 1 aromatic rings. The Morgan fingerprint density at radius 1 is 1.04 bits per heavy atom. The van der Waals surface area contributed by atoms with Crippen molar-refractivity contribution < 1.29 is 17.6 Å². The van der Waals surface area contributed by atoms with Gasteiger partial charge in [-0.3, -0.25) is 4.79 Å². The number of carbonyl (C=O) groups excluding carboxylic acids is 1. The summed E-state index contributed by atoms with van der Waals surface area (Å²) in [5.74, 6) is 1.92. The molecule has 5 nitrogen and oxygen atoms in total. The van der Waals surface area contributed by atoms with Gasteiger partial charge in [-0.25, -0.2) is 17.5 Å². The average molecular weight is 395 g/mol. The SMILES string of the molecule is O=C(CCNS(=O)(=O)c1ccc(F)cc1)NCC12CC3CC(CC(C3)C1)C2. The highest BCUT2D eigenvalue weighted by atomic mass is 32.2. The van der Waals surface area contributed by atoms with Crippen LogP contribution in [0.3, 0.4) is 0 Å². The summed E-state index contributed by atoms with van der Waals surface area (Å²) in [7, 11) is -3.72. The number of nitrogens with one attached hydrogen (secondary N) is 2. The zero-order valence-corrected chi connectivity index (χ0v) is 16.2. The van der Waals surface area contributed by atoms with E-state index in [1.165, 1.54) is 50.7 Å². The molecule has 0 atom stereocenters. The lowest BCUT2D eigenvalue weighted by molar-refractivity contribution is -0.123. The Hall–Kier alpha value is -1.47. The van der Waals surface area contributed by atoms with Crippen LogP contribution in [-0.2, 0) is 14.8 Å². The molecule has 148 valence electrons. The van der Waals surface area contributed by atoms with Crippen LogP contribution < -0.4 is 10.0 Å². The van der Waals surface area contributed by atoms with E-state index < -0.39 is 15.8 Å². The molecule has 7 heteroatoms. The summed E-state index contributed by atoms with van der Waals surface area (Å²) in [4.78, 5) is 12.2. The molecule has 0 heterocycles. The van der Waals surface area contributed by atoms with Crippen LogP contribution in [0.1, 0.15) is 44.9 Å².